The zero-order chi connectivity index (χ0) is 21.2. The first-order chi connectivity index (χ1) is 13.7. The minimum atomic E-state index is -3.11. The maximum atomic E-state index is 12.8. The fourth-order valence-electron chi connectivity index (χ4n) is 3.75. The topological polar surface area (TPSA) is 113 Å². The minimum Gasteiger partial charge on any atom is -0.351 e. The van der Waals surface area contributed by atoms with Gasteiger partial charge in [-0.05, 0) is 24.5 Å². The van der Waals surface area contributed by atoms with Gasteiger partial charge in [0.05, 0.1) is 17.4 Å². The molecule has 3 amide bonds. The van der Waals surface area contributed by atoms with Crippen LogP contribution in [0.3, 0.4) is 0 Å². The second kappa shape index (κ2) is 8.52. The largest absolute Gasteiger partial charge is 0.351 e. The highest BCUT2D eigenvalue weighted by molar-refractivity contribution is 7.91. The molecule has 3 rings (SSSR count). The summed E-state index contributed by atoms with van der Waals surface area (Å²) in [6, 6.07) is 7.95. The van der Waals surface area contributed by atoms with Gasteiger partial charge in [-0.1, -0.05) is 32.0 Å². The number of para-hydroxylation sites is 1. The Hall–Kier alpha value is -2.42. The first-order valence-electron chi connectivity index (χ1n) is 9.83. The number of carbonyl (C=O) groups is 3. The third-order valence-corrected chi connectivity index (χ3v) is 7.16. The van der Waals surface area contributed by atoms with Crippen LogP contribution in [-0.2, 0) is 24.2 Å². The van der Waals surface area contributed by atoms with Crippen LogP contribution in [0.25, 0.3) is 0 Å². The standard InChI is InChI=1S/C20H27N3O5S/c1-13(2)18(20(26)21-15-8-9-29(27,28)12-15)22-19(25)14-10-17(24)23(11-14)16-6-4-3-5-7-16/h3-7,13-15,18H,8-12H2,1-2H3,(H,21,26)(H,22,25)/t14-,15+,18-/m0/s1. The van der Waals surface area contributed by atoms with Crippen LogP contribution >= 0.6 is 0 Å². The maximum absolute atomic E-state index is 12.8. The number of hydrogen-bond acceptors (Lipinski definition) is 5. The molecule has 9 heteroatoms. The second-order valence-electron chi connectivity index (χ2n) is 8.08. The van der Waals surface area contributed by atoms with Crippen LogP contribution in [0, 0.1) is 11.8 Å². The lowest BCUT2D eigenvalue weighted by molar-refractivity contribution is -0.132. The highest BCUT2D eigenvalue weighted by atomic mass is 32.2. The molecule has 0 aliphatic carbocycles. The minimum absolute atomic E-state index is 0.0656. The number of rotatable bonds is 6. The first kappa shape index (κ1) is 21.3. The third-order valence-electron chi connectivity index (χ3n) is 5.39. The molecule has 3 atom stereocenters. The fourth-order valence-corrected chi connectivity index (χ4v) is 5.42. The van der Waals surface area contributed by atoms with E-state index in [1.54, 1.807) is 4.90 Å². The Bertz CT molecular complexity index is 885. The van der Waals surface area contributed by atoms with E-state index in [4.69, 9.17) is 0 Å². The molecule has 0 aromatic heterocycles. The molecule has 0 spiro atoms. The van der Waals surface area contributed by atoms with Gasteiger partial charge in [-0.25, -0.2) is 8.42 Å². The first-order valence-corrected chi connectivity index (χ1v) is 11.6. The summed E-state index contributed by atoms with van der Waals surface area (Å²) in [5, 5.41) is 5.51. The molecule has 2 aliphatic rings. The van der Waals surface area contributed by atoms with Gasteiger partial charge in [-0.15, -0.1) is 0 Å². The number of amides is 3. The zero-order valence-corrected chi connectivity index (χ0v) is 17.4. The molecular formula is C20H27N3O5S. The fraction of sp³-hybridized carbons (Fsp3) is 0.550. The van der Waals surface area contributed by atoms with Crippen LogP contribution in [0.4, 0.5) is 5.69 Å². The smallest absolute Gasteiger partial charge is 0.243 e. The van der Waals surface area contributed by atoms with E-state index in [1.807, 2.05) is 44.2 Å². The van der Waals surface area contributed by atoms with Gasteiger partial charge in [0.15, 0.2) is 9.84 Å². The Morgan fingerprint density at radius 3 is 2.45 bits per heavy atom. The highest BCUT2D eigenvalue weighted by Crippen LogP contribution is 2.25. The van der Waals surface area contributed by atoms with E-state index in [-0.39, 0.29) is 48.1 Å². The molecule has 2 heterocycles. The monoisotopic (exact) mass is 421 g/mol. The van der Waals surface area contributed by atoms with Gasteiger partial charge in [0.2, 0.25) is 17.7 Å². The molecule has 0 saturated carbocycles. The van der Waals surface area contributed by atoms with Crippen LogP contribution in [0.1, 0.15) is 26.7 Å². The molecule has 158 valence electrons. The molecule has 29 heavy (non-hydrogen) atoms. The zero-order valence-electron chi connectivity index (χ0n) is 16.6. The lowest BCUT2D eigenvalue weighted by Crippen LogP contribution is -2.53. The number of hydrogen-bond donors (Lipinski definition) is 2. The van der Waals surface area contributed by atoms with Crippen molar-refractivity contribution in [1.82, 2.24) is 10.6 Å². The van der Waals surface area contributed by atoms with Crippen molar-refractivity contribution < 1.29 is 22.8 Å². The second-order valence-corrected chi connectivity index (χ2v) is 10.3. The highest BCUT2D eigenvalue weighted by Gasteiger charge is 2.38. The van der Waals surface area contributed by atoms with Gasteiger partial charge in [-0.2, -0.15) is 0 Å². The lowest BCUT2D eigenvalue weighted by atomic mass is 10.0. The Morgan fingerprint density at radius 1 is 1.17 bits per heavy atom. The Kier molecular flexibility index (Phi) is 6.26. The summed E-state index contributed by atoms with van der Waals surface area (Å²) in [5.41, 5.74) is 0.744. The average Bonchev–Trinajstić information content (AvgIpc) is 3.21. The van der Waals surface area contributed by atoms with E-state index < -0.39 is 27.8 Å². The van der Waals surface area contributed by atoms with Gasteiger partial charge >= 0.3 is 0 Å². The van der Waals surface area contributed by atoms with Crippen LogP contribution in [0.5, 0.6) is 0 Å². The molecular weight excluding hydrogens is 394 g/mol. The third kappa shape index (κ3) is 5.14. The summed E-state index contributed by atoms with van der Waals surface area (Å²) in [4.78, 5) is 39.3. The molecule has 1 aromatic carbocycles. The molecule has 2 saturated heterocycles. The van der Waals surface area contributed by atoms with Crippen molar-refractivity contribution in [3.63, 3.8) is 0 Å². The summed E-state index contributed by atoms with van der Waals surface area (Å²) in [6.07, 6.45) is 0.476. The van der Waals surface area contributed by atoms with Crippen molar-refractivity contribution in [2.45, 2.75) is 38.8 Å². The molecule has 2 N–H and O–H groups in total. The molecule has 0 radical (unpaired) electrons. The van der Waals surface area contributed by atoms with Crippen molar-refractivity contribution in [2.75, 3.05) is 23.0 Å². The lowest BCUT2D eigenvalue weighted by Gasteiger charge is -2.25. The summed E-state index contributed by atoms with van der Waals surface area (Å²) in [7, 11) is -3.11. The molecule has 8 nitrogen and oxygen atoms in total. The van der Waals surface area contributed by atoms with Crippen molar-refractivity contribution in [2.24, 2.45) is 11.8 Å². The molecule has 1 aromatic rings. The van der Waals surface area contributed by atoms with Gasteiger partial charge in [-0.3, -0.25) is 14.4 Å². The van der Waals surface area contributed by atoms with E-state index in [0.29, 0.717) is 6.42 Å². The number of sulfone groups is 1. The van der Waals surface area contributed by atoms with Crippen LogP contribution in [-0.4, -0.2) is 56.3 Å². The van der Waals surface area contributed by atoms with Crippen LogP contribution in [0.2, 0.25) is 0 Å². The van der Waals surface area contributed by atoms with E-state index in [2.05, 4.69) is 10.6 Å². The van der Waals surface area contributed by atoms with E-state index in [9.17, 15) is 22.8 Å². The van der Waals surface area contributed by atoms with E-state index in [1.165, 1.54) is 0 Å². The Morgan fingerprint density at radius 2 is 1.86 bits per heavy atom. The summed E-state index contributed by atoms with van der Waals surface area (Å²) in [5.74, 6) is -1.58. The van der Waals surface area contributed by atoms with Gasteiger partial charge in [0.1, 0.15) is 6.04 Å². The van der Waals surface area contributed by atoms with Crippen molar-refractivity contribution in [1.29, 1.82) is 0 Å². The van der Waals surface area contributed by atoms with E-state index >= 15 is 0 Å². The average molecular weight is 422 g/mol. The normalized spacial score (nSPS) is 24.5. The van der Waals surface area contributed by atoms with Crippen molar-refractivity contribution in [3.05, 3.63) is 30.3 Å². The Balaban J connectivity index is 1.61. The Labute approximate surface area is 170 Å². The van der Waals surface area contributed by atoms with Crippen LogP contribution < -0.4 is 15.5 Å². The van der Waals surface area contributed by atoms with Crippen molar-refractivity contribution in [3.8, 4) is 0 Å². The van der Waals surface area contributed by atoms with Crippen molar-refractivity contribution >= 4 is 33.2 Å². The molecule has 0 bridgehead atoms. The number of nitrogens with one attached hydrogen (secondary N) is 2. The number of benzene rings is 1. The predicted octanol–water partition coefficient (Wildman–Crippen LogP) is 0.484. The summed E-state index contributed by atoms with van der Waals surface area (Å²) >= 11 is 0. The molecule has 2 aliphatic heterocycles. The number of carbonyl (C=O) groups excluding carboxylic acids is 3. The summed E-state index contributed by atoms with van der Waals surface area (Å²) in [6.45, 7) is 3.89. The van der Waals surface area contributed by atoms with Gasteiger partial charge in [0.25, 0.3) is 0 Å². The van der Waals surface area contributed by atoms with Crippen LogP contribution in [0.15, 0.2) is 30.3 Å². The number of anilines is 1. The molecule has 2 fully saturated rings. The SMILES string of the molecule is CC(C)[C@H](NC(=O)[C@H]1CC(=O)N(c2ccccc2)C1)C(=O)N[C@@H]1CCS(=O)(=O)C1. The van der Waals surface area contributed by atoms with E-state index in [0.717, 1.165) is 5.69 Å². The number of nitrogens with zero attached hydrogens (tertiary/aromatic N) is 1. The van der Waals surface area contributed by atoms with Gasteiger partial charge < -0.3 is 15.5 Å². The summed E-state index contributed by atoms with van der Waals surface area (Å²) < 4.78 is 23.2. The predicted molar refractivity (Wildman–Crippen MR) is 109 cm³/mol. The maximum Gasteiger partial charge on any atom is 0.243 e. The molecule has 0 unspecified atom stereocenters. The quantitative estimate of drug-likeness (QED) is 0.694. The van der Waals surface area contributed by atoms with Gasteiger partial charge in [0, 0.05) is 24.7 Å².